The van der Waals surface area contributed by atoms with E-state index >= 15 is 0 Å². The molecule has 0 bridgehead atoms. The molecule has 1 N–H and O–H groups in total. The van der Waals surface area contributed by atoms with Gasteiger partial charge in [-0.1, -0.05) is 44.0 Å². The summed E-state index contributed by atoms with van der Waals surface area (Å²) in [6.07, 6.45) is 0. The van der Waals surface area contributed by atoms with E-state index in [9.17, 15) is 9.90 Å². The van der Waals surface area contributed by atoms with Gasteiger partial charge in [-0.05, 0) is 33.6 Å². The van der Waals surface area contributed by atoms with Gasteiger partial charge in [-0.15, -0.1) is 0 Å². The Morgan fingerprint density at radius 3 is 2.08 bits per heavy atom. The Morgan fingerprint density at radius 2 is 1.58 bits per heavy atom. The number of ketones is 1. The van der Waals surface area contributed by atoms with Crippen LogP contribution in [0.1, 0.15) is 20.7 Å². The van der Waals surface area contributed by atoms with Gasteiger partial charge < -0.3 is 19.3 Å². The standard InChI is InChI=1S/C18H17Br3O5/c1-24-10-6-4-9(5-7-10)14(19)16(21)18(23)13-11(25-2)8-12(26-3)15(20)17(13)22/h4-8,14,16,22H,1-3H3/t14-,16-/m1/s1. The molecule has 2 aromatic rings. The second-order valence-corrected chi connectivity index (χ2v) is 8.03. The van der Waals surface area contributed by atoms with Crippen LogP contribution < -0.4 is 14.2 Å². The van der Waals surface area contributed by atoms with Crippen molar-refractivity contribution < 1.29 is 24.1 Å². The summed E-state index contributed by atoms with van der Waals surface area (Å²) in [4.78, 5) is 12.1. The highest BCUT2D eigenvalue weighted by Gasteiger charge is 2.32. The number of ether oxygens (including phenoxy) is 3. The number of phenolic OH excluding ortho intramolecular Hbond substituents is 1. The van der Waals surface area contributed by atoms with Crippen molar-refractivity contribution in [2.45, 2.75) is 9.65 Å². The molecule has 0 aliphatic carbocycles. The van der Waals surface area contributed by atoms with Crippen molar-refractivity contribution in [3.8, 4) is 23.0 Å². The molecule has 0 aromatic heterocycles. The molecular weight excluding hydrogens is 536 g/mol. The fourth-order valence-corrected chi connectivity index (χ4v) is 3.93. The van der Waals surface area contributed by atoms with E-state index in [1.165, 1.54) is 14.2 Å². The van der Waals surface area contributed by atoms with E-state index in [4.69, 9.17) is 14.2 Å². The van der Waals surface area contributed by atoms with Crippen LogP contribution in [0, 0.1) is 0 Å². The first-order chi connectivity index (χ1) is 12.3. The summed E-state index contributed by atoms with van der Waals surface area (Å²) in [5.74, 6) is 0.758. The highest BCUT2D eigenvalue weighted by Crippen LogP contribution is 2.44. The molecule has 0 saturated heterocycles. The van der Waals surface area contributed by atoms with Crippen LogP contribution in [-0.4, -0.2) is 37.0 Å². The van der Waals surface area contributed by atoms with E-state index in [1.54, 1.807) is 13.2 Å². The number of phenols is 1. The Morgan fingerprint density at radius 1 is 1.00 bits per heavy atom. The fraction of sp³-hybridized carbons (Fsp3) is 0.278. The van der Waals surface area contributed by atoms with E-state index in [2.05, 4.69) is 47.8 Å². The highest BCUT2D eigenvalue weighted by molar-refractivity contribution is 9.12. The molecule has 2 rings (SSSR count). The first-order valence-electron chi connectivity index (χ1n) is 7.45. The third kappa shape index (κ3) is 4.18. The van der Waals surface area contributed by atoms with E-state index < -0.39 is 4.83 Å². The molecule has 0 heterocycles. The van der Waals surface area contributed by atoms with Crippen molar-refractivity contribution in [3.63, 3.8) is 0 Å². The smallest absolute Gasteiger partial charge is 0.185 e. The van der Waals surface area contributed by atoms with Crippen molar-refractivity contribution in [2.24, 2.45) is 0 Å². The number of carbonyl (C=O) groups is 1. The third-order valence-electron chi connectivity index (χ3n) is 3.80. The van der Waals surface area contributed by atoms with Crippen LogP contribution in [0.2, 0.25) is 0 Å². The number of benzene rings is 2. The zero-order valence-electron chi connectivity index (χ0n) is 14.3. The van der Waals surface area contributed by atoms with Gasteiger partial charge in [-0.2, -0.15) is 0 Å². The number of aromatic hydroxyl groups is 1. The Kier molecular flexibility index (Phi) is 7.37. The zero-order chi connectivity index (χ0) is 19.4. The van der Waals surface area contributed by atoms with Gasteiger partial charge in [0.2, 0.25) is 0 Å². The number of alkyl halides is 2. The Balaban J connectivity index is 2.39. The van der Waals surface area contributed by atoms with Gasteiger partial charge in [0.25, 0.3) is 0 Å². The lowest BCUT2D eigenvalue weighted by molar-refractivity contribution is 0.0985. The SMILES string of the molecule is COc1ccc([C@@H](Br)[C@@H](Br)C(=O)c2c(OC)cc(OC)c(Br)c2O)cc1. The van der Waals surface area contributed by atoms with Gasteiger partial charge in [0, 0.05) is 6.07 Å². The summed E-state index contributed by atoms with van der Waals surface area (Å²) in [5, 5.41) is 10.5. The van der Waals surface area contributed by atoms with Crippen molar-refractivity contribution >= 4 is 53.6 Å². The molecule has 0 unspecified atom stereocenters. The van der Waals surface area contributed by atoms with Gasteiger partial charge in [-0.3, -0.25) is 4.79 Å². The number of Topliss-reactive ketones (excluding diaryl/α,β-unsaturated/α-hetero) is 1. The summed E-state index contributed by atoms with van der Waals surface area (Å²) in [6.45, 7) is 0. The monoisotopic (exact) mass is 550 g/mol. The van der Waals surface area contributed by atoms with Crippen molar-refractivity contribution in [2.75, 3.05) is 21.3 Å². The summed E-state index contributed by atoms with van der Waals surface area (Å²) in [6, 6.07) is 8.90. The van der Waals surface area contributed by atoms with E-state index in [0.29, 0.717) is 10.2 Å². The van der Waals surface area contributed by atoms with E-state index in [0.717, 1.165) is 11.3 Å². The predicted octanol–water partition coefficient (Wildman–Crippen LogP) is 5.26. The van der Waals surface area contributed by atoms with Crippen LogP contribution in [-0.2, 0) is 0 Å². The van der Waals surface area contributed by atoms with Crippen LogP contribution in [0.3, 0.4) is 0 Å². The predicted molar refractivity (Wildman–Crippen MR) is 111 cm³/mol. The minimum Gasteiger partial charge on any atom is -0.506 e. The van der Waals surface area contributed by atoms with Crippen LogP contribution in [0.25, 0.3) is 0 Å². The van der Waals surface area contributed by atoms with Crippen LogP contribution in [0.4, 0.5) is 0 Å². The van der Waals surface area contributed by atoms with Gasteiger partial charge in [0.05, 0.1) is 31.0 Å². The Bertz CT molecular complexity index is 792. The molecule has 0 spiro atoms. The molecule has 0 aliphatic rings. The number of carbonyl (C=O) groups excluding carboxylic acids is 1. The van der Waals surface area contributed by atoms with Crippen LogP contribution >= 0.6 is 47.8 Å². The number of methoxy groups -OCH3 is 3. The fourth-order valence-electron chi connectivity index (χ4n) is 2.37. The van der Waals surface area contributed by atoms with Crippen LogP contribution in [0.5, 0.6) is 23.0 Å². The van der Waals surface area contributed by atoms with Gasteiger partial charge >= 0.3 is 0 Å². The molecule has 0 saturated carbocycles. The molecule has 2 atom stereocenters. The molecule has 0 amide bonds. The molecule has 0 fully saturated rings. The third-order valence-corrected chi connectivity index (χ3v) is 7.28. The maximum absolute atomic E-state index is 13.0. The molecule has 2 aromatic carbocycles. The molecule has 5 nitrogen and oxygen atoms in total. The molecule has 140 valence electrons. The highest BCUT2D eigenvalue weighted by atomic mass is 79.9. The average Bonchev–Trinajstić information content (AvgIpc) is 2.68. The van der Waals surface area contributed by atoms with Crippen LogP contribution in [0.15, 0.2) is 34.8 Å². The van der Waals surface area contributed by atoms with Gasteiger partial charge in [0.1, 0.15) is 33.0 Å². The maximum atomic E-state index is 13.0. The number of halogens is 3. The number of rotatable bonds is 7. The maximum Gasteiger partial charge on any atom is 0.185 e. The quantitative estimate of drug-likeness (QED) is 0.375. The van der Waals surface area contributed by atoms with Gasteiger partial charge in [0.15, 0.2) is 5.78 Å². The van der Waals surface area contributed by atoms with Gasteiger partial charge in [-0.25, -0.2) is 0 Å². The molecule has 0 radical (unpaired) electrons. The summed E-state index contributed by atoms with van der Waals surface area (Å²) in [5.41, 5.74) is 0.951. The molecular formula is C18H17Br3O5. The molecule has 26 heavy (non-hydrogen) atoms. The summed E-state index contributed by atoms with van der Waals surface area (Å²) >= 11 is 10.2. The topological polar surface area (TPSA) is 65.0 Å². The van der Waals surface area contributed by atoms with Crippen molar-refractivity contribution in [3.05, 3.63) is 45.9 Å². The lowest BCUT2D eigenvalue weighted by Gasteiger charge is -2.20. The first kappa shape index (κ1) is 21.1. The lowest BCUT2D eigenvalue weighted by atomic mass is 10.0. The molecule has 8 heteroatoms. The normalized spacial score (nSPS) is 13.0. The second-order valence-electron chi connectivity index (χ2n) is 5.26. The summed E-state index contributed by atoms with van der Waals surface area (Å²) < 4.78 is 15.9. The van der Waals surface area contributed by atoms with E-state index in [1.807, 2.05) is 24.3 Å². The Hall–Kier alpha value is -1.25. The first-order valence-corrected chi connectivity index (χ1v) is 10.1. The number of hydrogen-bond acceptors (Lipinski definition) is 5. The average molecular weight is 553 g/mol. The zero-order valence-corrected chi connectivity index (χ0v) is 19.0. The minimum absolute atomic E-state index is 0.0695. The van der Waals surface area contributed by atoms with Crippen molar-refractivity contribution in [1.29, 1.82) is 0 Å². The van der Waals surface area contributed by atoms with Crippen molar-refractivity contribution in [1.82, 2.24) is 0 Å². The number of hydrogen-bond donors (Lipinski definition) is 1. The minimum atomic E-state index is -0.643. The molecule has 0 aliphatic heterocycles. The second kappa shape index (κ2) is 9.10. The van der Waals surface area contributed by atoms with E-state index in [-0.39, 0.29) is 27.7 Å². The lowest BCUT2D eigenvalue weighted by Crippen LogP contribution is -2.20. The summed E-state index contributed by atoms with van der Waals surface area (Å²) in [7, 11) is 4.48. The largest absolute Gasteiger partial charge is 0.506 e. The Labute approximate surface area is 177 Å².